The number of hydrogen-bond donors (Lipinski definition) is 0. The molecule has 0 N–H and O–H groups in total. The molecule has 21 heavy (non-hydrogen) atoms. The summed E-state index contributed by atoms with van der Waals surface area (Å²) in [4.78, 5) is 5.63. The van der Waals surface area contributed by atoms with Gasteiger partial charge >= 0.3 is 0 Å². The van der Waals surface area contributed by atoms with Crippen molar-refractivity contribution >= 4 is 29.9 Å². The number of halogens is 1. The van der Waals surface area contributed by atoms with Crippen LogP contribution in [0.4, 0.5) is 0 Å². The maximum absolute atomic E-state index is 4.20. The molecule has 0 bridgehead atoms. The topological polar surface area (TPSA) is 17.8 Å². The molecule has 114 valence electrons. The highest BCUT2D eigenvalue weighted by Crippen LogP contribution is 2.30. The van der Waals surface area contributed by atoms with E-state index >= 15 is 0 Å². The first-order chi connectivity index (χ1) is 9.86. The molecule has 2 aromatic rings. The lowest BCUT2D eigenvalue weighted by atomic mass is 10.1. The van der Waals surface area contributed by atoms with Crippen molar-refractivity contribution in [1.29, 1.82) is 0 Å². The zero-order valence-electron chi connectivity index (χ0n) is 12.7. The Hall–Kier alpha value is -1.19. The van der Waals surface area contributed by atoms with E-state index in [1.54, 1.807) is 0 Å². The largest absolute Gasteiger partial charge is 0.305 e. The average molecular weight is 323 g/mol. The molecule has 1 heterocycles. The molecule has 2 rings (SSSR count). The summed E-state index contributed by atoms with van der Waals surface area (Å²) in [5, 5.41) is 0. The van der Waals surface area contributed by atoms with Gasteiger partial charge in [-0.3, -0.25) is 0 Å². The predicted octanol–water partition coefficient (Wildman–Crippen LogP) is 5.47. The van der Waals surface area contributed by atoms with Gasteiger partial charge in [0.25, 0.3) is 0 Å². The number of thioether (sulfide) groups is 1. The fourth-order valence-corrected chi connectivity index (χ4v) is 3.06. The number of benzene rings is 1. The van der Waals surface area contributed by atoms with E-state index in [2.05, 4.69) is 53.1 Å². The highest BCUT2D eigenvalue weighted by Gasteiger charge is 2.10. The van der Waals surface area contributed by atoms with E-state index in [1.807, 2.05) is 30.5 Å². The van der Waals surface area contributed by atoms with Crippen molar-refractivity contribution in [3.8, 4) is 0 Å². The molecule has 0 aliphatic carbocycles. The van der Waals surface area contributed by atoms with Crippen molar-refractivity contribution in [1.82, 2.24) is 9.55 Å². The van der Waals surface area contributed by atoms with Gasteiger partial charge in [0, 0.05) is 17.3 Å². The normalized spacial score (nSPS) is 11.7. The lowest BCUT2D eigenvalue weighted by molar-refractivity contribution is 0.725. The third kappa shape index (κ3) is 4.94. The van der Waals surface area contributed by atoms with E-state index in [-0.39, 0.29) is 12.4 Å². The second kappa shape index (κ2) is 9.69. The van der Waals surface area contributed by atoms with Gasteiger partial charge in [-0.2, -0.15) is 0 Å². The molecule has 0 fully saturated rings. The Balaban J connectivity index is 0.00000220. The molecule has 0 saturated carbocycles. The second-order valence-electron chi connectivity index (χ2n) is 4.77. The van der Waals surface area contributed by atoms with Gasteiger partial charge in [-0.05, 0) is 24.7 Å². The third-order valence-corrected chi connectivity index (χ3v) is 4.22. The van der Waals surface area contributed by atoms with Gasteiger partial charge in [0.1, 0.15) is 0 Å². The summed E-state index contributed by atoms with van der Waals surface area (Å²) in [6, 6.07) is 10.6. The Morgan fingerprint density at radius 2 is 1.95 bits per heavy atom. The van der Waals surface area contributed by atoms with E-state index in [1.165, 1.54) is 35.4 Å². The van der Waals surface area contributed by atoms with Crippen LogP contribution in [0.2, 0.25) is 0 Å². The van der Waals surface area contributed by atoms with Gasteiger partial charge in [-0.15, -0.1) is 24.2 Å². The quantitative estimate of drug-likeness (QED) is 0.629. The summed E-state index contributed by atoms with van der Waals surface area (Å²) in [5.74, 6) is 0. The molecule has 0 aliphatic heterocycles. The molecule has 4 heteroatoms. The van der Waals surface area contributed by atoms with E-state index in [0.29, 0.717) is 0 Å². The molecular weight excluding hydrogens is 300 g/mol. The number of allylic oxidation sites excluding steroid dienone is 1. The van der Waals surface area contributed by atoms with Gasteiger partial charge in [0.2, 0.25) is 0 Å². The highest BCUT2D eigenvalue weighted by atomic mass is 35.5. The number of nitrogens with zero attached hydrogens (tertiary/aromatic N) is 2. The van der Waals surface area contributed by atoms with Crippen LogP contribution < -0.4 is 0 Å². The average Bonchev–Trinajstić information content (AvgIpc) is 3.01. The van der Waals surface area contributed by atoms with Gasteiger partial charge in [-0.25, -0.2) is 4.98 Å². The summed E-state index contributed by atoms with van der Waals surface area (Å²) >= 11 is 1.85. The molecule has 0 saturated heterocycles. The monoisotopic (exact) mass is 322 g/mol. The van der Waals surface area contributed by atoms with Crippen LogP contribution >= 0.6 is 24.2 Å². The SMILES string of the molecule is CCCCC/C(SC)=C(/c1ccccc1)n1ccnc1.Cl. The first-order valence-electron chi connectivity index (χ1n) is 7.17. The zero-order chi connectivity index (χ0) is 14.2. The fraction of sp³-hybridized carbons (Fsp3) is 0.353. The van der Waals surface area contributed by atoms with Crippen molar-refractivity contribution in [3.05, 3.63) is 59.5 Å². The third-order valence-electron chi connectivity index (χ3n) is 3.33. The van der Waals surface area contributed by atoms with Gasteiger partial charge in [-0.1, -0.05) is 50.1 Å². The lowest BCUT2D eigenvalue weighted by Crippen LogP contribution is -2.00. The Morgan fingerprint density at radius 1 is 1.19 bits per heavy atom. The summed E-state index contributed by atoms with van der Waals surface area (Å²) in [6.07, 6.45) is 12.9. The van der Waals surface area contributed by atoms with Crippen LogP contribution in [-0.2, 0) is 0 Å². The number of imidazole rings is 1. The summed E-state index contributed by atoms with van der Waals surface area (Å²) in [5.41, 5.74) is 2.53. The van der Waals surface area contributed by atoms with Crippen molar-refractivity contribution in [2.24, 2.45) is 0 Å². The standard InChI is InChI=1S/C17H22N2S.ClH/c1-3-4-6-11-16(20-2)17(19-13-12-18-14-19)15-9-7-5-8-10-15;/h5,7-10,12-14H,3-4,6,11H2,1-2H3;1H/b17-16+;. The van der Waals surface area contributed by atoms with Crippen molar-refractivity contribution in [3.63, 3.8) is 0 Å². The van der Waals surface area contributed by atoms with Gasteiger partial charge in [0.05, 0.1) is 12.0 Å². The maximum Gasteiger partial charge on any atom is 0.0992 e. The van der Waals surface area contributed by atoms with Crippen LogP contribution in [-0.4, -0.2) is 15.8 Å². The van der Waals surface area contributed by atoms with E-state index in [9.17, 15) is 0 Å². The van der Waals surface area contributed by atoms with Crippen molar-refractivity contribution in [2.45, 2.75) is 32.6 Å². The van der Waals surface area contributed by atoms with Crippen molar-refractivity contribution in [2.75, 3.05) is 6.26 Å². The molecule has 0 atom stereocenters. The fourth-order valence-electron chi connectivity index (χ4n) is 2.29. The minimum atomic E-state index is 0. The predicted molar refractivity (Wildman–Crippen MR) is 95.9 cm³/mol. The Bertz CT molecular complexity index is 535. The number of aromatic nitrogens is 2. The van der Waals surface area contributed by atoms with E-state index < -0.39 is 0 Å². The van der Waals surface area contributed by atoms with Crippen LogP contribution in [0.5, 0.6) is 0 Å². The number of hydrogen-bond acceptors (Lipinski definition) is 2. The van der Waals surface area contributed by atoms with E-state index in [4.69, 9.17) is 0 Å². The molecule has 1 aromatic carbocycles. The molecule has 2 nitrogen and oxygen atoms in total. The molecule has 0 unspecified atom stereocenters. The molecule has 1 aromatic heterocycles. The second-order valence-corrected chi connectivity index (χ2v) is 5.67. The van der Waals surface area contributed by atoms with Gasteiger partial charge in [0.15, 0.2) is 0 Å². The van der Waals surface area contributed by atoms with Crippen LogP contribution in [0.3, 0.4) is 0 Å². The molecule has 0 amide bonds. The highest BCUT2D eigenvalue weighted by molar-refractivity contribution is 8.02. The molecular formula is C17H23ClN2S. The smallest absolute Gasteiger partial charge is 0.0992 e. The molecule has 0 spiro atoms. The number of unbranched alkanes of at least 4 members (excludes halogenated alkanes) is 2. The minimum absolute atomic E-state index is 0. The molecule has 0 aliphatic rings. The summed E-state index contributed by atoms with van der Waals surface area (Å²) < 4.78 is 2.13. The lowest BCUT2D eigenvalue weighted by Gasteiger charge is -2.15. The minimum Gasteiger partial charge on any atom is -0.305 e. The number of rotatable bonds is 7. The maximum atomic E-state index is 4.20. The van der Waals surface area contributed by atoms with Crippen molar-refractivity contribution < 1.29 is 0 Å². The molecule has 0 radical (unpaired) electrons. The van der Waals surface area contributed by atoms with Crippen LogP contribution in [0.1, 0.15) is 38.2 Å². The van der Waals surface area contributed by atoms with Gasteiger partial charge < -0.3 is 4.57 Å². The zero-order valence-corrected chi connectivity index (χ0v) is 14.3. The first-order valence-corrected chi connectivity index (χ1v) is 8.40. The summed E-state index contributed by atoms with van der Waals surface area (Å²) in [7, 11) is 0. The Labute approximate surface area is 138 Å². The first kappa shape index (κ1) is 17.9. The Morgan fingerprint density at radius 3 is 2.52 bits per heavy atom. The van der Waals surface area contributed by atoms with E-state index in [0.717, 1.165) is 6.42 Å². The van der Waals surface area contributed by atoms with Crippen LogP contribution in [0.25, 0.3) is 5.70 Å². The Kier molecular flexibility index (Phi) is 8.24. The summed E-state index contributed by atoms with van der Waals surface area (Å²) in [6.45, 7) is 2.25. The van der Waals surface area contributed by atoms with Crippen LogP contribution in [0.15, 0.2) is 54.0 Å². The van der Waals surface area contributed by atoms with Crippen LogP contribution in [0, 0.1) is 0 Å².